The van der Waals surface area contributed by atoms with Crippen molar-refractivity contribution in [2.45, 2.75) is 26.1 Å². The predicted molar refractivity (Wildman–Crippen MR) is 111 cm³/mol. The van der Waals surface area contributed by atoms with Gasteiger partial charge in [0, 0.05) is 24.2 Å². The summed E-state index contributed by atoms with van der Waals surface area (Å²) >= 11 is 6.21. The molecule has 0 aliphatic heterocycles. The van der Waals surface area contributed by atoms with E-state index in [-0.39, 0.29) is 42.2 Å². The maximum atomic E-state index is 13.4. The molecule has 25 heavy (non-hydrogen) atoms. The molecule has 2 rings (SSSR count). The number of aliphatic hydroxyl groups is 1. The number of halogens is 3. The summed E-state index contributed by atoms with van der Waals surface area (Å²) in [4.78, 5) is 4.19. The molecule has 7 heteroatoms. The Morgan fingerprint density at radius 1 is 1.28 bits per heavy atom. The fraction of sp³-hybridized carbons (Fsp3) is 0.278. The summed E-state index contributed by atoms with van der Waals surface area (Å²) in [5.74, 6) is 0.202. The molecule has 136 valence electrons. The molecule has 0 aliphatic carbocycles. The van der Waals surface area contributed by atoms with Gasteiger partial charge in [-0.2, -0.15) is 0 Å². The van der Waals surface area contributed by atoms with Crippen LogP contribution in [0.25, 0.3) is 0 Å². The third kappa shape index (κ3) is 6.13. The highest BCUT2D eigenvalue weighted by atomic mass is 127. The smallest absolute Gasteiger partial charge is 0.191 e. The van der Waals surface area contributed by atoms with Crippen LogP contribution in [0.15, 0.2) is 47.5 Å². The van der Waals surface area contributed by atoms with Crippen molar-refractivity contribution in [3.05, 3.63) is 70.0 Å². The Bertz CT molecular complexity index is 727. The van der Waals surface area contributed by atoms with Crippen LogP contribution in [0.1, 0.15) is 29.7 Å². The summed E-state index contributed by atoms with van der Waals surface area (Å²) in [6.07, 6.45) is 0. The zero-order valence-corrected chi connectivity index (χ0v) is 17.2. The van der Waals surface area contributed by atoms with Gasteiger partial charge in [0.15, 0.2) is 5.96 Å². The molecule has 0 spiro atoms. The SMILES string of the molecule is CN=C(NCc1ccc(F)c(CO)c1)NC(C)c1ccccc1Cl.I. The van der Waals surface area contributed by atoms with E-state index in [4.69, 9.17) is 16.7 Å². The van der Waals surface area contributed by atoms with Crippen molar-refractivity contribution in [3.8, 4) is 0 Å². The standard InChI is InChI=1S/C18H21ClFN3O.HI/c1-12(15-5-3-4-6-16(15)19)23-18(21-2)22-10-13-7-8-17(20)14(9-13)11-24;/h3-9,12,24H,10-11H2,1-2H3,(H2,21,22,23);1H. The Kier molecular flexibility index (Phi) is 9.16. The van der Waals surface area contributed by atoms with E-state index in [0.29, 0.717) is 17.5 Å². The fourth-order valence-electron chi connectivity index (χ4n) is 2.35. The molecule has 0 saturated carbocycles. The van der Waals surface area contributed by atoms with E-state index >= 15 is 0 Å². The Balaban J connectivity index is 0.00000312. The third-order valence-corrected chi connectivity index (χ3v) is 4.03. The topological polar surface area (TPSA) is 56.7 Å². The quantitative estimate of drug-likeness (QED) is 0.346. The van der Waals surface area contributed by atoms with Gasteiger partial charge in [0.05, 0.1) is 12.6 Å². The van der Waals surface area contributed by atoms with Gasteiger partial charge in [-0.15, -0.1) is 24.0 Å². The summed E-state index contributed by atoms with van der Waals surface area (Å²) < 4.78 is 13.4. The molecule has 2 aromatic rings. The van der Waals surface area contributed by atoms with E-state index in [0.717, 1.165) is 11.1 Å². The second-order valence-electron chi connectivity index (χ2n) is 5.40. The van der Waals surface area contributed by atoms with Gasteiger partial charge < -0.3 is 15.7 Å². The Morgan fingerprint density at radius 2 is 2.00 bits per heavy atom. The minimum atomic E-state index is -0.406. The first-order chi connectivity index (χ1) is 11.5. The summed E-state index contributed by atoms with van der Waals surface area (Å²) in [6, 6.07) is 12.3. The first-order valence-electron chi connectivity index (χ1n) is 7.65. The van der Waals surface area contributed by atoms with E-state index in [2.05, 4.69) is 15.6 Å². The average molecular weight is 478 g/mol. The molecular formula is C18H22ClFIN3O. The van der Waals surface area contributed by atoms with E-state index in [1.54, 1.807) is 19.2 Å². The zero-order valence-electron chi connectivity index (χ0n) is 14.1. The molecule has 0 aromatic heterocycles. The van der Waals surface area contributed by atoms with Crippen molar-refractivity contribution < 1.29 is 9.50 Å². The van der Waals surface area contributed by atoms with Gasteiger partial charge in [-0.3, -0.25) is 4.99 Å². The van der Waals surface area contributed by atoms with Gasteiger partial charge in [0.25, 0.3) is 0 Å². The number of benzene rings is 2. The molecule has 2 aromatic carbocycles. The lowest BCUT2D eigenvalue weighted by Gasteiger charge is -2.19. The third-order valence-electron chi connectivity index (χ3n) is 3.69. The Hall–Kier alpha value is -1.38. The fourth-order valence-corrected chi connectivity index (χ4v) is 2.65. The molecule has 0 fully saturated rings. The Labute approximate surface area is 169 Å². The van der Waals surface area contributed by atoms with E-state index < -0.39 is 5.82 Å². The summed E-state index contributed by atoms with van der Waals surface area (Å²) in [7, 11) is 1.68. The number of hydrogen-bond acceptors (Lipinski definition) is 2. The van der Waals surface area contributed by atoms with Gasteiger partial charge in [0.1, 0.15) is 5.82 Å². The molecule has 0 aliphatic rings. The van der Waals surface area contributed by atoms with Crippen molar-refractivity contribution >= 4 is 41.5 Å². The largest absolute Gasteiger partial charge is 0.392 e. The number of rotatable bonds is 5. The molecule has 0 radical (unpaired) electrons. The first kappa shape index (κ1) is 21.7. The average Bonchev–Trinajstić information content (AvgIpc) is 2.59. The van der Waals surface area contributed by atoms with Crippen molar-refractivity contribution in [3.63, 3.8) is 0 Å². The highest BCUT2D eigenvalue weighted by Crippen LogP contribution is 2.21. The zero-order chi connectivity index (χ0) is 17.5. The predicted octanol–water partition coefficient (Wildman–Crippen LogP) is 4.02. The number of nitrogens with one attached hydrogen (secondary N) is 2. The van der Waals surface area contributed by atoms with Gasteiger partial charge in [-0.1, -0.05) is 35.9 Å². The van der Waals surface area contributed by atoms with E-state index in [9.17, 15) is 4.39 Å². The molecule has 0 heterocycles. The van der Waals surface area contributed by atoms with Crippen molar-refractivity contribution in [2.24, 2.45) is 4.99 Å². The maximum absolute atomic E-state index is 13.4. The molecular weight excluding hydrogens is 456 g/mol. The number of nitrogens with zero attached hydrogens (tertiary/aromatic N) is 1. The van der Waals surface area contributed by atoms with Gasteiger partial charge in [-0.25, -0.2) is 4.39 Å². The van der Waals surface area contributed by atoms with E-state index in [1.165, 1.54) is 6.07 Å². The number of aliphatic imine (C=N–C) groups is 1. The summed E-state index contributed by atoms with van der Waals surface area (Å²) in [6.45, 7) is 2.13. The van der Waals surface area contributed by atoms with Gasteiger partial charge >= 0.3 is 0 Å². The van der Waals surface area contributed by atoms with Crippen molar-refractivity contribution in [1.82, 2.24) is 10.6 Å². The van der Waals surface area contributed by atoms with Crippen LogP contribution in [-0.2, 0) is 13.2 Å². The minimum Gasteiger partial charge on any atom is -0.392 e. The molecule has 0 saturated heterocycles. The minimum absolute atomic E-state index is 0. The summed E-state index contributed by atoms with van der Waals surface area (Å²) in [5.41, 5.74) is 2.11. The van der Waals surface area contributed by atoms with Crippen LogP contribution >= 0.6 is 35.6 Å². The van der Waals surface area contributed by atoms with Crippen LogP contribution in [0.5, 0.6) is 0 Å². The number of hydrogen-bond donors (Lipinski definition) is 3. The van der Waals surface area contributed by atoms with Crippen LogP contribution < -0.4 is 10.6 Å². The lowest BCUT2D eigenvalue weighted by molar-refractivity contribution is 0.275. The van der Waals surface area contributed by atoms with Gasteiger partial charge in [-0.05, 0) is 36.2 Å². The highest BCUT2D eigenvalue weighted by molar-refractivity contribution is 14.0. The van der Waals surface area contributed by atoms with Crippen molar-refractivity contribution in [1.29, 1.82) is 0 Å². The molecule has 3 N–H and O–H groups in total. The number of aliphatic hydroxyl groups excluding tert-OH is 1. The summed E-state index contributed by atoms with van der Waals surface area (Å²) in [5, 5.41) is 16.3. The van der Waals surface area contributed by atoms with Crippen LogP contribution in [0.3, 0.4) is 0 Å². The van der Waals surface area contributed by atoms with Crippen LogP contribution in [-0.4, -0.2) is 18.1 Å². The second kappa shape index (κ2) is 10.6. The first-order valence-corrected chi connectivity index (χ1v) is 8.02. The molecule has 4 nitrogen and oxygen atoms in total. The lowest BCUT2D eigenvalue weighted by Crippen LogP contribution is -2.38. The molecule has 1 atom stereocenters. The van der Waals surface area contributed by atoms with Gasteiger partial charge in [0.2, 0.25) is 0 Å². The monoisotopic (exact) mass is 477 g/mol. The Morgan fingerprint density at radius 3 is 2.64 bits per heavy atom. The molecule has 1 unspecified atom stereocenters. The lowest BCUT2D eigenvalue weighted by atomic mass is 10.1. The second-order valence-corrected chi connectivity index (χ2v) is 5.80. The normalized spacial score (nSPS) is 12.3. The van der Waals surface area contributed by atoms with Crippen LogP contribution in [0, 0.1) is 5.82 Å². The molecule has 0 bridgehead atoms. The molecule has 0 amide bonds. The van der Waals surface area contributed by atoms with Crippen molar-refractivity contribution in [2.75, 3.05) is 7.05 Å². The van der Waals surface area contributed by atoms with Crippen LogP contribution in [0.4, 0.5) is 4.39 Å². The van der Waals surface area contributed by atoms with E-state index in [1.807, 2.05) is 31.2 Å². The maximum Gasteiger partial charge on any atom is 0.191 e. The number of guanidine groups is 1. The highest BCUT2D eigenvalue weighted by Gasteiger charge is 2.11. The van der Waals surface area contributed by atoms with Crippen LogP contribution in [0.2, 0.25) is 5.02 Å².